The molecule has 0 spiro atoms. The van der Waals surface area contributed by atoms with Crippen LogP contribution in [0.5, 0.6) is 11.5 Å². The third-order valence-electron chi connectivity index (χ3n) is 5.11. The number of benzene rings is 1. The Balaban J connectivity index is 2.00. The maximum absolute atomic E-state index is 13.3. The Labute approximate surface area is 206 Å². The zero-order chi connectivity index (χ0) is 25.2. The second-order valence-corrected chi connectivity index (χ2v) is 8.57. The van der Waals surface area contributed by atoms with Gasteiger partial charge in [-0.2, -0.15) is 0 Å². The molecule has 1 aromatic heterocycles. The molecule has 10 nitrogen and oxygen atoms in total. The second kappa shape index (κ2) is 13.1. The van der Waals surface area contributed by atoms with E-state index in [2.05, 4.69) is 0 Å². The monoisotopic (exact) mass is 506 g/mol. The number of methoxy groups -OCH3 is 2. The molecule has 11 heteroatoms. The summed E-state index contributed by atoms with van der Waals surface area (Å²) < 4.78 is 28.4. The molecule has 1 aliphatic rings. The van der Waals surface area contributed by atoms with Crippen molar-refractivity contribution >= 4 is 35.4 Å². The Morgan fingerprint density at radius 3 is 2.46 bits per heavy atom. The Hall–Kier alpha value is -3.15. The van der Waals surface area contributed by atoms with Crippen LogP contribution in [0.1, 0.15) is 12.5 Å². The summed E-state index contributed by atoms with van der Waals surface area (Å²) in [5.74, 6) is 0.369. The van der Waals surface area contributed by atoms with E-state index in [1.807, 2.05) is 6.07 Å². The van der Waals surface area contributed by atoms with Gasteiger partial charge in [0.2, 0.25) is 5.91 Å². The number of ether oxygens (including phenoxy) is 5. The first-order valence-corrected chi connectivity index (χ1v) is 12.0. The first kappa shape index (κ1) is 26.5. The summed E-state index contributed by atoms with van der Waals surface area (Å²) in [5, 5.41) is 0. The summed E-state index contributed by atoms with van der Waals surface area (Å²) in [6.45, 7) is 3.99. The molecule has 2 aromatic rings. The van der Waals surface area contributed by atoms with E-state index in [0.29, 0.717) is 60.2 Å². The number of hydrogen-bond acceptors (Lipinski definition) is 9. The van der Waals surface area contributed by atoms with Crippen molar-refractivity contribution in [2.24, 2.45) is 0 Å². The molecule has 1 amide bonds. The summed E-state index contributed by atoms with van der Waals surface area (Å²) in [4.78, 5) is 40.1. The van der Waals surface area contributed by atoms with Crippen LogP contribution in [0, 0.1) is 0 Å². The molecule has 0 unspecified atom stereocenters. The lowest BCUT2D eigenvalue weighted by atomic mass is 10.2. The molecule has 0 saturated heterocycles. The fourth-order valence-corrected chi connectivity index (χ4v) is 4.41. The largest absolute Gasteiger partial charge is 0.486 e. The summed E-state index contributed by atoms with van der Waals surface area (Å²) in [6.07, 6.45) is 2.93. The van der Waals surface area contributed by atoms with E-state index in [1.54, 1.807) is 44.3 Å². The third kappa shape index (κ3) is 7.17. The van der Waals surface area contributed by atoms with Crippen LogP contribution in [-0.2, 0) is 30.3 Å². The van der Waals surface area contributed by atoms with E-state index < -0.39 is 5.97 Å². The van der Waals surface area contributed by atoms with Gasteiger partial charge in [0.25, 0.3) is 5.56 Å². The van der Waals surface area contributed by atoms with Crippen molar-refractivity contribution in [3.63, 3.8) is 0 Å². The Morgan fingerprint density at radius 2 is 1.80 bits per heavy atom. The normalized spacial score (nSPS) is 13.7. The van der Waals surface area contributed by atoms with Gasteiger partial charge in [-0.25, -0.2) is 4.79 Å². The maximum Gasteiger partial charge on any atom is 0.333 e. The van der Waals surface area contributed by atoms with Gasteiger partial charge in [0.15, 0.2) is 11.5 Å². The molecule has 3 rings (SSSR count). The van der Waals surface area contributed by atoms with Crippen LogP contribution < -0.4 is 24.2 Å². The van der Waals surface area contributed by atoms with Crippen molar-refractivity contribution in [2.45, 2.75) is 13.5 Å². The van der Waals surface area contributed by atoms with Gasteiger partial charge in [-0.1, -0.05) is 6.07 Å². The summed E-state index contributed by atoms with van der Waals surface area (Å²) in [6, 6.07) is 5.38. The van der Waals surface area contributed by atoms with Gasteiger partial charge in [-0.15, -0.1) is 11.3 Å². The van der Waals surface area contributed by atoms with Crippen LogP contribution in [0.25, 0.3) is 12.2 Å². The number of fused-ring (bicyclic) bond motifs is 1. The lowest BCUT2D eigenvalue weighted by Gasteiger charge is -2.22. The third-order valence-corrected chi connectivity index (χ3v) is 6.16. The molecule has 0 N–H and O–H groups in total. The van der Waals surface area contributed by atoms with Gasteiger partial charge in [0.05, 0.1) is 30.4 Å². The van der Waals surface area contributed by atoms with Crippen molar-refractivity contribution in [1.29, 1.82) is 0 Å². The molecule has 35 heavy (non-hydrogen) atoms. The van der Waals surface area contributed by atoms with E-state index >= 15 is 0 Å². The number of rotatable bonds is 11. The van der Waals surface area contributed by atoms with Crippen LogP contribution >= 0.6 is 11.3 Å². The molecule has 0 bridgehead atoms. The number of carbonyl (C=O) groups is 2. The number of aromatic nitrogens is 1. The topological polar surface area (TPSA) is 106 Å². The standard InChI is InChI=1S/C24H30N2O8S/c1-4-32-23(28)15-22-26(16-21(27)25(7-9-30-2)8-10-31-3)24(29)20(35-22)14-17-5-6-18-19(13-17)34-12-11-33-18/h5-6,13-15H,4,7-12,16H2,1-3H3. The smallest absolute Gasteiger partial charge is 0.333 e. The average molecular weight is 507 g/mol. The SMILES string of the molecule is CCOC(=O)C=c1sc(=Cc2ccc3c(c2)OCCO3)c(=O)n1CC(=O)N(CCOC)CCOC. The van der Waals surface area contributed by atoms with E-state index in [0.717, 1.165) is 16.9 Å². The molecule has 2 heterocycles. The summed E-state index contributed by atoms with van der Waals surface area (Å²) in [5.41, 5.74) is 0.350. The minimum Gasteiger partial charge on any atom is -0.486 e. The van der Waals surface area contributed by atoms with E-state index in [4.69, 9.17) is 23.7 Å². The molecule has 0 radical (unpaired) electrons. The predicted octanol–water partition coefficient (Wildman–Crippen LogP) is -0.0252. The highest BCUT2D eigenvalue weighted by Gasteiger charge is 2.17. The molecule has 1 aromatic carbocycles. The van der Waals surface area contributed by atoms with Crippen LogP contribution in [0.2, 0.25) is 0 Å². The van der Waals surface area contributed by atoms with Gasteiger partial charge in [-0.3, -0.25) is 14.2 Å². The number of thiazole rings is 1. The van der Waals surface area contributed by atoms with Crippen molar-refractivity contribution in [1.82, 2.24) is 9.47 Å². The van der Waals surface area contributed by atoms with Gasteiger partial charge < -0.3 is 28.6 Å². The van der Waals surface area contributed by atoms with Crippen LogP contribution in [0.15, 0.2) is 23.0 Å². The number of esters is 1. The Morgan fingerprint density at radius 1 is 1.11 bits per heavy atom. The highest BCUT2D eigenvalue weighted by atomic mass is 32.1. The zero-order valence-electron chi connectivity index (χ0n) is 20.1. The Bertz CT molecular complexity index is 1200. The number of hydrogen-bond donors (Lipinski definition) is 0. The lowest BCUT2D eigenvalue weighted by Crippen LogP contribution is -2.43. The fourth-order valence-electron chi connectivity index (χ4n) is 3.38. The van der Waals surface area contributed by atoms with Crippen molar-refractivity contribution in [3.05, 3.63) is 43.3 Å². The number of amides is 1. The fraction of sp³-hybridized carbons (Fsp3) is 0.458. The summed E-state index contributed by atoms with van der Waals surface area (Å²) in [7, 11) is 3.10. The molecule has 0 aliphatic carbocycles. The van der Waals surface area contributed by atoms with E-state index in [9.17, 15) is 14.4 Å². The van der Waals surface area contributed by atoms with Gasteiger partial charge in [0.1, 0.15) is 24.4 Å². The highest BCUT2D eigenvalue weighted by Crippen LogP contribution is 2.30. The predicted molar refractivity (Wildman–Crippen MR) is 130 cm³/mol. The van der Waals surface area contributed by atoms with Gasteiger partial charge >= 0.3 is 5.97 Å². The zero-order valence-corrected chi connectivity index (χ0v) is 20.9. The van der Waals surface area contributed by atoms with Crippen LogP contribution in [0.4, 0.5) is 0 Å². The minimum absolute atomic E-state index is 0.196. The Kier molecular flexibility index (Phi) is 9.88. The molecule has 0 atom stereocenters. The van der Waals surface area contributed by atoms with Gasteiger partial charge in [-0.05, 0) is 30.7 Å². The molecular formula is C24H30N2O8S. The molecule has 0 saturated carbocycles. The maximum atomic E-state index is 13.3. The molecule has 0 fully saturated rings. The number of nitrogens with zero attached hydrogens (tertiary/aromatic N) is 2. The number of carbonyl (C=O) groups excluding carboxylic acids is 2. The second-order valence-electron chi connectivity index (χ2n) is 7.51. The first-order chi connectivity index (χ1) is 17.0. The molecule has 190 valence electrons. The lowest BCUT2D eigenvalue weighted by molar-refractivity contribution is -0.136. The summed E-state index contributed by atoms with van der Waals surface area (Å²) >= 11 is 1.11. The highest BCUT2D eigenvalue weighted by molar-refractivity contribution is 7.07. The average Bonchev–Trinajstić information content (AvgIpc) is 3.12. The first-order valence-electron chi connectivity index (χ1n) is 11.2. The van der Waals surface area contributed by atoms with Crippen molar-refractivity contribution in [2.75, 3.05) is 60.3 Å². The van der Waals surface area contributed by atoms with Crippen LogP contribution in [0.3, 0.4) is 0 Å². The minimum atomic E-state index is -0.587. The van der Waals surface area contributed by atoms with Gasteiger partial charge in [0, 0.05) is 27.3 Å². The molecule has 1 aliphatic heterocycles. The van der Waals surface area contributed by atoms with Crippen molar-refractivity contribution < 1.29 is 33.3 Å². The quantitative estimate of drug-likeness (QED) is 0.392. The van der Waals surface area contributed by atoms with Crippen LogP contribution in [-0.4, -0.2) is 81.7 Å². The van der Waals surface area contributed by atoms with E-state index in [1.165, 1.54) is 10.6 Å². The molecular weight excluding hydrogens is 476 g/mol. The van der Waals surface area contributed by atoms with E-state index in [-0.39, 0.29) is 24.6 Å². The van der Waals surface area contributed by atoms with Crippen molar-refractivity contribution in [3.8, 4) is 11.5 Å².